The molecule has 0 aliphatic rings. The fourth-order valence-corrected chi connectivity index (χ4v) is 1.66. The number of unbranched alkanes of at least 4 members (excludes halogenated alkanes) is 1. The monoisotopic (exact) mass is 228 g/mol. The highest BCUT2D eigenvalue weighted by atomic mass is 16.2. The molecular weight excluding hydrogens is 200 g/mol. The molecule has 3 heteroatoms. The fraction of sp³-hybridized carbons (Fsp3) is 0.923. The summed E-state index contributed by atoms with van der Waals surface area (Å²) in [6, 6.07) is -0.302. The van der Waals surface area contributed by atoms with Gasteiger partial charge in [0.15, 0.2) is 0 Å². The maximum absolute atomic E-state index is 12.0. The van der Waals surface area contributed by atoms with Crippen LogP contribution in [0, 0.1) is 5.92 Å². The molecule has 0 rings (SSSR count). The van der Waals surface area contributed by atoms with Gasteiger partial charge in [0.1, 0.15) is 0 Å². The van der Waals surface area contributed by atoms with E-state index in [1.54, 1.807) is 0 Å². The van der Waals surface area contributed by atoms with Crippen LogP contribution in [0.3, 0.4) is 0 Å². The third-order valence-corrected chi connectivity index (χ3v) is 3.11. The summed E-state index contributed by atoms with van der Waals surface area (Å²) >= 11 is 0. The molecule has 0 aromatic rings. The molecule has 16 heavy (non-hydrogen) atoms. The van der Waals surface area contributed by atoms with Gasteiger partial charge in [-0.25, -0.2) is 0 Å². The zero-order chi connectivity index (χ0) is 12.6. The normalized spacial score (nSPS) is 14.6. The van der Waals surface area contributed by atoms with Gasteiger partial charge in [-0.2, -0.15) is 0 Å². The number of likely N-dealkylation sites (N-methyl/N-ethyl adjacent to an activating group) is 1. The van der Waals surface area contributed by atoms with Crippen molar-refractivity contribution in [1.29, 1.82) is 0 Å². The van der Waals surface area contributed by atoms with E-state index in [1.165, 1.54) is 0 Å². The largest absolute Gasteiger partial charge is 0.341 e. The lowest BCUT2D eigenvalue weighted by molar-refractivity contribution is -0.133. The summed E-state index contributed by atoms with van der Waals surface area (Å²) in [4.78, 5) is 13.9. The van der Waals surface area contributed by atoms with Crippen molar-refractivity contribution >= 4 is 5.91 Å². The van der Waals surface area contributed by atoms with E-state index < -0.39 is 0 Å². The predicted octanol–water partition coefficient (Wildman–Crippen LogP) is 2.40. The van der Waals surface area contributed by atoms with Crippen molar-refractivity contribution in [3.05, 3.63) is 0 Å². The first-order valence-corrected chi connectivity index (χ1v) is 6.61. The van der Waals surface area contributed by atoms with Gasteiger partial charge < -0.3 is 10.6 Å². The molecule has 0 aromatic heterocycles. The van der Waals surface area contributed by atoms with Crippen molar-refractivity contribution in [3.63, 3.8) is 0 Å². The molecule has 2 atom stereocenters. The molecule has 0 bridgehead atoms. The Bertz CT molecular complexity index is 194. The highest BCUT2D eigenvalue weighted by molar-refractivity contribution is 5.81. The summed E-state index contributed by atoms with van der Waals surface area (Å²) in [6.07, 6.45) is 4.05. The number of hydrogen-bond acceptors (Lipinski definition) is 2. The van der Waals surface area contributed by atoms with Crippen LogP contribution in [-0.2, 0) is 4.79 Å². The Labute approximate surface area is 100 Å². The first-order chi connectivity index (χ1) is 7.56. The topological polar surface area (TPSA) is 46.3 Å². The second-order valence-corrected chi connectivity index (χ2v) is 4.64. The van der Waals surface area contributed by atoms with Crippen LogP contribution in [0.4, 0.5) is 0 Å². The van der Waals surface area contributed by atoms with Crippen LogP contribution in [0.1, 0.15) is 53.4 Å². The molecule has 3 nitrogen and oxygen atoms in total. The molecule has 0 heterocycles. The Hall–Kier alpha value is -0.570. The Morgan fingerprint density at radius 2 is 1.94 bits per heavy atom. The van der Waals surface area contributed by atoms with Gasteiger partial charge in [0, 0.05) is 13.1 Å². The lowest BCUT2D eigenvalue weighted by atomic mass is 10.1. The number of carbonyl (C=O) groups excluding carboxylic acids is 1. The first kappa shape index (κ1) is 15.4. The van der Waals surface area contributed by atoms with Crippen LogP contribution < -0.4 is 5.73 Å². The second-order valence-electron chi connectivity index (χ2n) is 4.64. The molecule has 2 N–H and O–H groups in total. The Morgan fingerprint density at radius 3 is 2.38 bits per heavy atom. The zero-order valence-corrected chi connectivity index (χ0v) is 11.3. The number of amides is 1. The molecule has 0 spiro atoms. The zero-order valence-electron chi connectivity index (χ0n) is 11.3. The van der Waals surface area contributed by atoms with E-state index in [1.807, 2.05) is 11.8 Å². The number of carbonyl (C=O) groups is 1. The molecule has 0 aliphatic carbocycles. The van der Waals surface area contributed by atoms with E-state index in [0.717, 1.165) is 38.8 Å². The van der Waals surface area contributed by atoms with Gasteiger partial charge in [0.25, 0.3) is 0 Å². The highest BCUT2D eigenvalue weighted by Crippen LogP contribution is 2.08. The molecule has 0 fully saturated rings. The number of hydrogen-bond donors (Lipinski definition) is 1. The summed E-state index contributed by atoms with van der Waals surface area (Å²) in [7, 11) is 0. The van der Waals surface area contributed by atoms with Crippen molar-refractivity contribution in [2.75, 3.05) is 13.1 Å². The summed E-state index contributed by atoms with van der Waals surface area (Å²) in [5.41, 5.74) is 5.91. The summed E-state index contributed by atoms with van der Waals surface area (Å²) in [5, 5.41) is 0. The lowest BCUT2D eigenvalue weighted by Crippen LogP contribution is -2.45. The van der Waals surface area contributed by atoms with Crippen LogP contribution in [0.5, 0.6) is 0 Å². The minimum absolute atomic E-state index is 0.122. The molecule has 96 valence electrons. The summed E-state index contributed by atoms with van der Waals surface area (Å²) in [5.74, 6) is 0.679. The van der Waals surface area contributed by atoms with Gasteiger partial charge in [-0.05, 0) is 19.3 Å². The lowest BCUT2D eigenvalue weighted by Gasteiger charge is -2.26. The third kappa shape index (κ3) is 5.50. The van der Waals surface area contributed by atoms with Gasteiger partial charge >= 0.3 is 0 Å². The van der Waals surface area contributed by atoms with Crippen LogP contribution in [0.15, 0.2) is 0 Å². The van der Waals surface area contributed by atoms with Crippen molar-refractivity contribution < 1.29 is 4.79 Å². The predicted molar refractivity (Wildman–Crippen MR) is 69.2 cm³/mol. The number of nitrogens with two attached hydrogens (primary N) is 1. The fourth-order valence-electron chi connectivity index (χ4n) is 1.66. The summed E-state index contributed by atoms with van der Waals surface area (Å²) in [6.45, 7) is 10.1. The molecule has 0 aliphatic heterocycles. The Kier molecular flexibility index (Phi) is 8.26. The van der Waals surface area contributed by atoms with E-state index in [9.17, 15) is 4.79 Å². The van der Waals surface area contributed by atoms with Crippen LogP contribution in [-0.4, -0.2) is 29.9 Å². The minimum atomic E-state index is -0.302. The molecule has 0 saturated carbocycles. The molecule has 0 aromatic carbocycles. The van der Waals surface area contributed by atoms with E-state index >= 15 is 0 Å². The first-order valence-electron chi connectivity index (χ1n) is 6.61. The maximum atomic E-state index is 12.0. The average Bonchev–Trinajstić information content (AvgIpc) is 2.31. The molecule has 2 unspecified atom stereocenters. The molecule has 0 saturated heterocycles. The average molecular weight is 228 g/mol. The standard InChI is InChI=1S/C13H28N2O/c1-5-8-9-12(14)13(16)15(7-3)10-11(4)6-2/h11-12H,5-10,14H2,1-4H3. The van der Waals surface area contributed by atoms with Crippen LogP contribution in [0.25, 0.3) is 0 Å². The Morgan fingerprint density at radius 1 is 1.31 bits per heavy atom. The number of nitrogens with zero attached hydrogens (tertiary/aromatic N) is 1. The minimum Gasteiger partial charge on any atom is -0.341 e. The second kappa shape index (κ2) is 8.57. The van der Waals surface area contributed by atoms with Crippen molar-refractivity contribution in [1.82, 2.24) is 4.90 Å². The molecular formula is C13H28N2O. The SMILES string of the molecule is CCCCC(N)C(=O)N(CC)CC(C)CC. The van der Waals surface area contributed by atoms with Crippen molar-refractivity contribution in [2.45, 2.75) is 59.4 Å². The van der Waals surface area contributed by atoms with Crippen molar-refractivity contribution in [2.24, 2.45) is 11.7 Å². The third-order valence-electron chi connectivity index (χ3n) is 3.11. The molecule has 0 radical (unpaired) electrons. The smallest absolute Gasteiger partial charge is 0.239 e. The quantitative estimate of drug-likeness (QED) is 0.693. The van der Waals surface area contributed by atoms with Crippen molar-refractivity contribution in [3.8, 4) is 0 Å². The Balaban J connectivity index is 4.18. The number of rotatable bonds is 8. The molecule has 1 amide bonds. The van der Waals surface area contributed by atoms with Gasteiger partial charge in [0.05, 0.1) is 6.04 Å². The van der Waals surface area contributed by atoms with Gasteiger partial charge in [-0.15, -0.1) is 0 Å². The van der Waals surface area contributed by atoms with Gasteiger partial charge in [-0.1, -0.05) is 40.0 Å². The van der Waals surface area contributed by atoms with Crippen LogP contribution in [0.2, 0.25) is 0 Å². The highest BCUT2D eigenvalue weighted by Gasteiger charge is 2.20. The van der Waals surface area contributed by atoms with Crippen LogP contribution >= 0.6 is 0 Å². The van der Waals surface area contributed by atoms with E-state index in [2.05, 4.69) is 20.8 Å². The van der Waals surface area contributed by atoms with E-state index in [0.29, 0.717) is 5.92 Å². The van der Waals surface area contributed by atoms with E-state index in [-0.39, 0.29) is 11.9 Å². The maximum Gasteiger partial charge on any atom is 0.239 e. The van der Waals surface area contributed by atoms with Gasteiger partial charge in [0.2, 0.25) is 5.91 Å². The summed E-state index contributed by atoms with van der Waals surface area (Å²) < 4.78 is 0. The van der Waals surface area contributed by atoms with Gasteiger partial charge in [-0.3, -0.25) is 4.79 Å². The van der Waals surface area contributed by atoms with E-state index in [4.69, 9.17) is 5.73 Å².